The van der Waals surface area contributed by atoms with Crippen molar-refractivity contribution >= 4 is 11.9 Å². The zero-order chi connectivity index (χ0) is 16.4. The Morgan fingerprint density at radius 2 is 1.87 bits per heavy atom. The van der Waals surface area contributed by atoms with E-state index in [1.54, 1.807) is 0 Å². The predicted molar refractivity (Wildman–Crippen MR) is 88.4 cm³/mol. The van der Waals surface area contributed by atoms with Gasteiger partial charge in [0.25, 0.3) is 5.56 Å². The van der Waals surface area contributed by atoms with Gasteiger partial charge < -0.3 is 10.6 Å². The lowest BCUT2D eigenvalue weighted by Crippen LogP contribution is -2.63. The van der Waals surface area contributed by atoms with E-state index in [2.05, 4.69) is 14.9 Å². The number of aryl methyl sites for hydroxylation is 1. The first-order valence-electron chi connectivity index (χ1n) is 8.39. The summed E-state index contributed by atoms with van der Waals surface area (Å²) in [5, 5.41) is 0. The number of carbonyl (C=O) groups is 1. The smallest absolute Gasteiger partial charge is 0.252 e. The molecule has 2 fully saturated rings. The second kappa shape index (κ2) is 6.31. The molecule has 2 saturated heterocycles. The first-order valence-corrected chi connectivity index (χ1v) is 8.39. The number of rotatable bonds is 3. The first-order chi connectivity index (χ1) is 11.0. The third-order valence-electron chi connectivity index (χ3n) is 5.17. The van der Waals surface area contributed by atoms with E-state index >= 15 is 0 Å². The normalized spacial score (nSPS) is 22.0. The Balaban J connectivity index is 1.77. The van der Waals surface area contributed by atoms with Gasteiger partial charge >= 0.3 is 0 Å². The second-order valence-electron chi connectivity index (χ2n) is 6.64. The number of carbonyl (C=O) groups excluding carboxylic acids is 1. The molecular weight excluding hydrogens is 294 g/mol. The molecule has 2 aliphatic rings. The number of anilines is 1. The van der Waals surface area contributed by atoms with Gasteiger partial charge in [0.1, 0.15) is 5.54 Å². The van der Waals surface area contributed by atoms with E-state index in [0.29, 0.717) is 37.6 Å². The molecule has 23 heavy (non-hydrogen) atoms. The van der Waals surface area contributed by atoms with E-state index in [1.165, 1.54) is 12.5 Å². The molecule has 1 amide bonds. The van der Waals surface area contributed by atoms with Crippen molar-refractivity contribution in [3.05, 3.63) is 22.1 Å². The number of nitrogens with zero attached hydrogens (tertiary/aromatic N) is 3. The summed E-state index contributed by atoms with van der Waals surface area (Å²) in [6.45, 7) is 5.05. The quantitative estimate of drug-likeness (QED) is 0.840. The zero-order valence-electron chi connectivity index (χ0n) is 13.7. The van der Waals surface area contributed by atoms with E-state index in [4.69, 9.17) is 5.73 Å². The number of likely N-dealkylation sites (tertiary alicyclic amines) is 1. The molecule has 3 heterocycles. The fraction of sp³-hybridized carbons (Fsp3) is 0.688. The van der Waals surface area contributed by atoms with Crippen LogP contribution in [0.2, 0.25) is 0 Å². The Morgan fingerprint density at radius 1 is 1.22 bits per heavy atom. The first kappa shape index (κ1) is 16.0. The number of amides is 1. The van der Waals surface area contributed by atoms with E-state index < -0.39 is 5.54 Å². The van der Waals surface area contributed by atoms with Crippen LogP contribution in [0.4, 0.5) is 5.95 Å². The number of primary amides is 1. The Hall–Kier alpha value is -1.89. The molecule has 7 heteroatoms. The molecule has 1 aromatic rings. The summed E-state index contributed by atoms with van der Waals surface area (Å²) in [7, 11) is 0. The molecule has 0 bridgehead atoms. The van der Waals surface area contributed by atoms with Crippen molar-refractivity contribution in [2.24, 2.45) is 5.73 Å². The molecule has 0 atom stereocenters. The number of aromatic nitrogens is 2. The van der Waals surface area contributed by atoms with Crippen LogP contribution >= 0.6 is 0 Å². The Morgan fingerprint density at radius 3 is 2.43 bits per heavy atom. The highest BCUT2D eigenvalue weighted by Crippen LogP contribution is 2.32. The van der Waals surface area contributed by atoms with E-state index in [1.807, 2.05) is 11.8 Å². The maximum atomic E-state index is 12.2. The van der Waals surface area contributed by atoms with Crippen molar-refractivity contribution in [1.29, 1.82) is 0 Å². The molecule has 0 unspecified atom stereocenters. The highest BCUT2D eigenvalue weighted by Gasteiger charge is 2.45. The van der Waals surface area contributed by atoms with E-state index in [9.17, 15) is 9.59 Å². The van der Waals surface area contributed by atoms with Crippen LogP contribution in [0.15, 0.2) is 10.9 Å². The fourth-order valence-electron chi connectivity index (χ4n) is 3.84. The van der Waals surface area contributed by atoms with Gasteiger partial charge in [-0.05, 0) is 45.7 Å². The van der Waals surface area contributed by atoms with E-state index in [-0.39, 0.29) is 11.5 Å². The number of hydrogen-bond acceptors (Lipinski definition) is 5. The summed E-state index contributed by atoms with van der Waals surface area (Å²) < 4.78 is 0. The molecule has 1 aromatic heterocycles. The Kier molecular flexibility index (Phi) is 4.39. The third kappa shape index (κ3) is 3.10. The van der Waals surface area contributed by atoms with Gasteiger partial charge in [0.15, 0.2) is 0 Å². The van der Waals surface area contributed by atoms with Crippen molar-refractivity contribution in [1.82, 2.24) is 14.9 Å². The van der Waals surface area contributed by atoms with Gasteiger partial charge in [-0.1, -0.05) is 6.42 Å². The number of hydrogen-bond donors (Lipinski definition) is 2. The highest BCUT2D eigenvalue weighted by molar-refractivity contribution is 5.85. The molecule has 7 nitrogen and oxygen atoms in total. The van der Waals surface area contributed by atoms with E-state index in [0.717, 1.165) is 25.9 Å². The summed E-state index contributed by atoms with van der Waals surface area (Å²) in [6, 6.07) is 1.48. The molecule has 0 aromatic carbocycles. The van der Waals surface area contributed by atoms with Crippen LogP contribution < -0.4 is 16.2 Å². The molecule has 2 aliphatic heterocycles. The van der Waals surface area contributed by atoms with Crippen molar-refractivity contribution in [2.45, 2.75) is 44.6 Å². The Labute approximate surface area is 135 Å². The largest absolute Gasteiger partial charge is 0.368 e. The summed E-state index contributed by atoms with van der Waals surface area (Å²) >= 11 is 0. The van der Waals surface area contributed by atoms with Crippen LogP contribution in [0.3, 0.4) is 0 Å². The number of aromatic amines is 1. The van der Waals surface area contributed by atoms with Crippen LogP contribution in [-0.4, -0.2) is 52.5 Å². The molecule has 3 rings (SSSR count). The fourth-order valence-corrected chi connectivity index (χ4v) is 3.84. The number of nitrogens with one attached hydrogen (secondary N) is 1. The number of H-pyrrole nitrogens is 1. The zero-order valence-corrected chi connectivity index (χ0v) is 13.7. The average Bonchev–Trinajstić information content (AvgIpc) is 2.54. The summed E-state index contributed by atoms with van der Waals surface area (Å²) in [4.78, 5) is 35.4. The molecule has 3 N–H and O–H groups in total. The van der Waals surface area contributed by atoms with Gasteiger partial charge in [0.05, 0.1) is 0 Å². The van der Waals surface area contributed by atoms with Gasteiger partial charge in [-0.3, -0.25) is 19.5 Å². The van der Waals surface area contributed by atoms with Crippen molar-refractivity contribution in [3.63, 3.8) is 0 Å². The minimum absolute atomic E-state index is 0.143. The SMILES string of the molecule is Cc1cc(=O)[nH]c(N2CCC(C(N)=O)(N3CCCCC3)CC2)n1. The lowest BCUT2D eigenvalue weighted by atomic mass is 9.83. The second-order valence-corrected chi connectivity index (χ2v) is 6.64. The molecular formula is C16H25N5O2. The minimum Gasteiger partial charge on any atom is -0.368 e. The number of piperidine rings is 2. The molecule has 0 radical (unpaired) electrons. The topological polar surface area (TPSA) is 95.3 Å². The van der Waals surface area contributed by atoms with Crippen LogP contribution in [0.5, 0.6) is 0 Å². The average molecular weight is 319 g/mol. The predicted octanol–water partition coefficient (Wildman–Crippen LogP) is 0.389. The van der Waals surface area contributed by atoms with Gasteiger partial charge in [-0.25, -0.2) is 4.98 Å². The van der Waals surface area contributed by atoms with Crippen LogP contribution in [0.1, 0.15) is 37.8 Å². The van der Waals surface area contributed by atoms with Crippen molar-refractivity contribution in [3.8, 4) is 0 Å². The molecule has 0 spiro atoms. The van der Waals surface area contributed by atoms with Gasteiger partial charge in [-0.15, -0.1) is 0 Å². The van der Waals surface area contributed by atoms with Crippen molar-refractivity contribution < 1.29 is 4.79 Å². The van der Waals surface area contributed by atoms with Crippen LogP contribution in [0, 0.1) is 6.92 Å². The lowest BCUT2D eigenvalue weighted by Gasteiger charge is -2.48. The lowest BCUT2D eigenvalue weighted by molar-refractivity contribution is -0.132. The summed E-state index contributed by atoms with van der Waals surface area (Å²) in [5.74, 6) is 0.372. The monoisotopic (exact) mass is 319 g/mol. The van der Waals surface area contributed by atoms with Gasteiger partial charge in [0, 0.05) is 24.8 Å². The maximum absolute atomic E-state index is 12.2. The standard InChI is InChI=1S/C16H25N5O2/c1-12-11-13(22)19-15(18-12)20-9-5-16(6-10-20,14(17)23)21-7-3-2-4-8-21/h11H,2-10H2,1H3,(H2,17,23)(H,18,19,22). The number of nitrogens with two attached hydrogens (primary N) is 1. The minimum atomic E-state index is -0.541. The van der Waals surface area contributed by atoms with Crippen LogP contribution in [0.25, 0.3) is 0 Å². The highest BCUT2D eigenvalue weighted by atomic mass is 16.1. The molecule has 0 aliphatic carbocycles. The third-order valence-corrected chi connectivity index (χ3v) is 5.17. The summed E-state index contributed by atoms with van der Waals surface area (Å²) in [6.07, 6.45) is 4.85. The van der Waals surface area contributed by atoms with Gasteiger partial charge in [-0.2, -0.15) is 0 Å². The maximum Gasteiger partial charge on any atom is 0.252 e. The Bertz CT molecular complexity index is 628. The molecule has 126 valence electrons. The van der Waals surface area contributed by atoms with Crippen LogP contribution in [-0.2, 0) is 4.79 Å². The summed E-state index contributed by atoms with van der Waals surface area (Å²) in [5.41, 5.74) is 5.81. The van der Waals surface area contributed by atoms with Gasteiger partial charge in [0.2, 0.25) is 11.9 Å². The molecule has 0 saturated carbocycles. The van der Waals surface area contributed by atoms with Crippen molar-refractivity contribution in [2.75, 3.05) is 31.1 Å².